The summed E-state index contributed by atoms with van der Waals surface area (Å²) in [5.41, 5.74) is 3.05. The SMILES string of the molecule is Cc1cc(NC(=O)C(c2ccccc2)N2CCc3nnccc3C2)no1. The number of hydrogen-bond donors (Lipinski definition) is 1. The number of anilines is 1. The van der Waals surface area contributed by atoms with E-state index in [-0.39, 0.29) is 5.91 Å². The second-order valence-electron chi connectivity index (χ2n) is 6.35. The zero-order valence-corrected chi connectivity index (χ0v) is 14.4. The number of nitrogens with zero attached hydrogens (tertiary/aromatic N) is 4. The molecule has 132 valence electrons. The lowest BCUT2D eigenvalue weighted by Crippen LogP contribution is -2.40. The Kier molecular flexibility index (Phi) is 4.45. The Hall–Kier alpha value is -3.06. The van der Waals surface area contributed by atoms with Crippen LogP contribution in [0.4, 0.5) is 5.82 Å². The Bertz CT molecular complexity index is 909. The second kappa shape index (κ2) is 7.05. The number of aromatic nitrogens is 3. The number of aryl methyl sites for hydroxylation is 1. The maximum atomic E-state index is 13.1. The Morgan fingerprint density at radius 1 is 1.27 bits per heavy atom. The van der Waals surface area contributed by atoms with Crippen molar-refractivity contribution in [3.05, 3.63) is 71.2 Å². The van der Waals surface area contributed by atoms with E-state index in [1.165, 1.54) is 0 Å². The largest absolute Gasteiger partial charge is 0.360 e. The van der Waals surface area contributed by atoms with Crippen LogP contribution < -0.4 is 5.32 Å². The Morgan fingerprint density at radius 2 is 2.12 bits per heavy atom. The molecule has 3 aromatic rings. The monoisotopic (exact) mass is 349 g/mol. The van der Waals surface area contributed by atoms with Crippen molar-refractivity contribution >= 4 is 11.7 Å². The molecule has 4 rings (SSSR count). The number of rotatable bonds is 4. The number of amides is 1. The van der Waals surface area contributed by atoms with Gasteiger partial charge in [-0.3, -0.25) is 9.69 Å². The molecule has 0 saturated carbocycles. The van der Waals surface area contributed by atoms with Crippen molar-refractivity contribution in [3.8, 4) is 0 Å². The third-order valence-electron chi connectivity index (χ3n) is 4.51. The molecule has 26 heavy (non-hydrogen) atoms. The maximum absolute atomic E-state index is 13.1. The van der Waals surface area contributed by atoms with Crippen LogP contribution in [0.2, 0.25) is 0 Å². The van der Waals surface area contributed by atoms with Crippen LogP contribution in [0, 0.1) is 6.92 Å². The first-order chi connectivity index (χ1) is 12.7. The first-order valence-corrected chi connectivity index (χ1v) is 8.53. The molecule has 0 fully saturated rings. The lowest BCUT2D eigenvalue weighted by atomic mass is 9.99. The minimum atomic E-state index is -0.422. The highest BCUT2D eigenvalue weighted by Crippen LogP contribution is 2.28. The zero-order valence-electron chi connectivity index (χ0n) is 14.4. The van der Waals surface area contributed by atoms with Crippen LogP contribution in [-0.2, 0) is 17.8 Å². The van der Waals surface area contributed by atoms with Crippen molar-refractivity contribution in [2.24, 2.45) is 0 Å². The molecule has 1 N–H and O–H groups in total. The molecule has 0 aliphatic carbocycles. The summed E-state index contributed by atoms with van der Waals surface area (Å²) >= 11 is 0. The highest BCUT2D eigenvalue weighted by molar-refractivity contribution is 5.94. The van der Waals surface area contributed by atoms with Crippen molar-refractivity contribution in [3.63, 3.8) is 0 Å². The van der Waals surface area contributed by atoms with Crippen molar-refractivity contribution in [2.45, 2.75) is 25.9 Å². The second-order valence-corrected chi connectivity index (χ2v) is 6.35. The molecule has 2 aromatic heterocycles. The normalized spacial score (nSPS) is 15.3. The van der Waals surface area contributed by atoms with Crippen LogP contribution in [0.5, 0.6) is 0 Å². The number of carbonyl (C=O) groups excluding carboxylic acids is 1. The molecular formula is C19H19N5O2. The van der Waals surface area contributed by atoms with Gasteiger partial charge in [-0.1, -0.05) is 35.5 Å². The topological polar surface area (TPSA) is 84.2 Å². The fraction of sp³-hybridized carbons (Fsp3) is 0.263. The molecule has 3 heterocycles. The fourth-order valence-corrected chi connectivity index (χ4v) is 3.29. The first kappa shape index (κ1) is 16.4. The third-order valence-corrected chi connectivity index (χ3v) is 4.51. The Balaban J connectivity index is 1.62. The van der Waals surface area contributed by atoms with Gasteiger partial charge < -0.3 is 9.84 Å². The van der Waals surface area contributed by atoms with Gasteiger partial charge >= 0.3 is 0 Å². The summed E-state index contributed by atoms with van der Waals surface area (Å²) in [4.78, 5) is 15.2. The summed E-state index contributed by atoms with van der Waals surface area (Å²) in [6.45, 7) is 3.17. The molecule has 0 saturated heterocycles. The van der Waals surface area contributed by atoms with Gasteiger partial charge in [0.25, 0.3) is 0 Å². The fourth-order valence-electron chi connectivity index (χ4n) is 3.29. The summed E-state index contributed by atoms with van der Waals surface area (Å²) in [5, 5.41) is 14.9. The molecule has 1 atom stereocenters. The highest BCUT2D eigenvalue weighted by atomic mass is 16.5. The molecule has 1 amide bonds. The average Bonchev–Trinajstić information content (AvgIpc) is 3.07. The van der Waals surface area contributed by atoms with E-state index in [1.807, 2.05) is 36.4 Å². The summed E-state index contributed by atoms with van der Waals surface area (Å²) < 4.78 is 5.05. The molecule has 1 aliphatic rings. The van der Waals surface area contributed by atoms with Crippen LogP contribution in [-0.4, -0.2) is 32.7 Å². The minimum Gasteiger partial charge on any atom is -0.360 e. The molecule has 7 nitrogen and oxygen atoms in total. The van der Waals surface area contributed by atoms with Crippen molar-refractivity contribution in [2.75, 3.05) is 11.9 Å². The van der Waals surface area contributed by atoms with E-state index in [1.54, 1.807) is 19.2 Å². The van der Waals surface area contributed by atoms with E-state index < -0.39 is 6.04 Å². The van der Waals surface area contributed by atoms with Crippen LogP contribution in [0.15, 0.2) is 53.2 Å². The van der Waals surface area contributed by atoms with E-state index in [4.69, 9.17) is 4.52 Å². The van der Waals surface area contributed by atoms with Gasteiger partial charge in [-0.25, -0.2) is 0 Å². The quantitative estimate of drug-likeness (QED) is 0.779. The van der Waals surface area contributed by atoms with Gasteiger partial charge in [0, 0.05) is 31.8 Å². The molecule has 0 spiro atoms. The number of benzene rings is 1. The number of carbonyl (C=O) groups is 1. The van der Waals surface area contributed by atoms with E-state index >= 15 is 0 Å². The molecule has 7 heteroatoms. The lowest BCUT2D eigenvalue weighted by molar-refractivity contribution is -0.122. The minimum absolute atomic E-state index is 0.130. The summed E-state index contributed by atoms with van der Waals surface area (Å²) in [7, 11) is 0. The molecule has 1 unspecified atom stereocenters. The molecule has 1 aromatic carbocycles. The summed E-state index contributed by atoms with van der Waals surface area (Å²) in [6, 6.07) is 13.0. The summed E-state index contributed by atoms with van der Waals surface area (Å²) in [6.07, 6.45) is 2.46. The number of fused-ring (bicyclic) bond motifs is 1. The molecule has 1 aliphatic heterocycles. The predicted molar refractivity (Wildman–Crippen MR) is 95.2 cm³/mol. The van der Waals surface area contributed by atoms with E-state index in [2.05, 4.69) is 25.6 Å². The summed E-state index contributed by atoms with van der Waals surface area (Å²) in [5.74, 6) is 0.953. The standard InChI is InChI=1S/C19H19N5O2/c1-13-11-17(23-26-13)21-19(25)18(14-5-3-2-4-6-14)24-10-8-16-15(12-24)7-9-20-22-16/h2-7,9,11,18H,8,10,12H2,1H3,(H,21,23,25). The maximum Gasteiger partial charge on any atom is 0.247 e. The van der Waals surface area contributed by atoms with Crippen LogP contribution in [0.1, 0.15) is 28.6 Å². The molecule has 0 bridgehead atoms. The van der Waals surface area contributed by atoms with Gasteiger partial charge in [-0.05, 0) is 24.1 Å². The smallest absolute Gasteiger partial charge is 0.247 e. The van der Waals surface area contributed by atoms with Gasteiger partial charge in [0.1, 0.15) is 11.8 Å². The van der Waals surface area contributed by atoms with Crippen LogP contribution in [0.25, 0.3) is 0 Å². The van der Waals surface area contributed by atoms with Gasteiger partial charge in [-0.15, -0.1) is 0 Å². The molecular weight excluding hydrogens is 330 g/mol. The first-order valence-electron chi connectivity index (χ1n) is 8.53. The lowest BCUT2D eigenvalue weighted by Gasteiger charge is -2.34. The van der Waals surface area contributed by atoms with E-state index in [0.29, 0.717) is 18.1 Å². The molecule has 0 radical (unpaired) electrons. The van der Waals surface area contributed by atoms with Crippen molar-refractivity contribution < 1.29 is 9.32 Å². The van der Waals surface area contributed by atoms with Gasteiger partial charge in [-0.2, -0.15) is 10.2 Å². The van der Waals surface area contributed by atoms with Crippen LogP contribution >= 0.6 is 0 Å². The predicted octanol–water partition coefficient (Wildman–Crippen LogP) is 2.51. The van der Waals surface area contributed by atoms with Crippen molar-refractivity contribution in [1.82, 2.24) is 20.3 Å². The van der Waals surface area contributed by atoms with Crippen LogP contribution in [0.3, 0.4) is 0 Å². The van der Waals surface area contributed by atoms with Crippen molar-refractivity contribution in [1.29, 1.82) is 0 Å². The van der Waals surface area contributed by atoms with E-state index in [0.717, 1.165) is 29.8 Å². The van der Waals surface area contributed by atoms with Gasteiger partial charge in [0.2, 0.25) is 5.91 Å². The Labute approximate surface area is 151 Å². The van der Waals surface area contributed by atoms with E-state index in [9.17, 15) is 4.79 Å². The highest BCUT2D eigenvalue weighted by Gasteiger charge is 2.31. The Morgan fingerprint density at radius 3 is 2.88 bits per heavy atom. The third kappa shape index (κ3) is 3.34. The number of nitrogens with one attached hydrogen (secondary N) is 1. The van der Waals surface area contributed by atoms with Gasteiger partial charge in [0.05, 0.1) is 5.69 Å². The number of hydrogen-bond acceptors (Lipinski definition) is 6. The average molecular weight is 349 g/mol. The van der Waals surface area contributed by atoms with Gasteiger partial charge in [0.15, 0.2) is 5.82 Å². The zero-order chi connectivity index (χ0) is 17.9.